The van der Waals surface area contributed by atoms with Crippen LogP contribution in [0.15, 0.2) is 56.9 Å². The van der Waals surface area contributed by atoms with E-state index in [-0.39, 0.29) is 5.75 Å². The summed E-state index contributed by atoms with van der Waals surface area (Å²) in [4.78, 5) is 39.9. The summed E-state index contributed by atoms with van der Waals surface area (Å²) in [5, 5.41) is 16.3. The van der Waals surface area contributed by atoms with E-state index in [2.05, 4.69) is 19.9 Å². The van der Waals surface area contributed by atoms with Crippen LogP contribution in [0.1, 0.15) is 6.92 Å². The molecule has 1 aromatic heterocycles. The molecule has 2 heterocycles. The molecule has 1 aliphatic rings. The van der Waals surface area contributed by atoms with Gasteiger partial charge in [-0.05, 0) is 36.7 Å². The minimum absolute atomic E-state index is 0.0782. The van der Waals surface area contributed by atoms with Gasteiger partial charge in [-0.15, -0.1) is 0 Å². The topological polar surface area (TPSA) is 207 Å². The number of aliphatic hydroxyl groups excluding tert-OH is 1. The fourth-order valence-electron chi connectivity index (χ4n) is 2.97. The minimum Gasteiger partial charge on any atom is -0.469 e. The first-order valence-electron chi connectivity index (χ1n) is 10.1. The second-order valence-electron chi connectivity index (χ2n) is 7.17. The Balaban J connectivity index is 1.85. The first kappa shape index (κ1) is 26.7. The molecular formula is C19H20FN6O9P. The number of hydrogen-bond acceptors (Lipinski definition) is 10. The summed E-state index contributed by atoms with van der Waals surface area (Å²) in [5.41, 5.74) is 6.80. The second kappa shape index (κ2) is 11.2. The Morgan fingerprint density at radius 3 is 2.69 bits per heavy atom. The molecule has 0 fully saturated rings. The van der Waals surface area contributed by atoms with Crippen LogP contribution in [-0.2, 0) is 23.4 Å². The molecule has 0 saturated carbocycles. The van der Waals surface area contributed by atoms with Crippen molar-refractivity contribution in [1.82, 2.24) is 14.6 Å². The van der Waals surface area contributed by atoms with Gasteiger partial charge in [0.15, 0.2) is 6.10 Å². The molecular weight excluding hydrogens is 506 g/mol. The molecule has 0 saturated heterocycles. The lowest BCUT2D eigenvalue weighted by molar-refractivity contribution is -0.142. The third-order valence-corrected chi connectivity index (χ3v) is 6.31. The molecule has 0 amide bonds. The monoisotopic (exact) mass is 526 g/mol. The summed E-state index contributed by atoms with van der Waals surface area (Å²) in [6.45, 7) is 0.644. The van der Waals surface area contributed by atoms with Crippen molar-refractivity contribution in [2.75, 3.05) is 13.7 Å². The SMILES string of the molecule is COC(=O)[C@H](C)NP(=O)(OC[C@H]1OC(n2ccc(=O)[nH]c2=O)=C(N=[N+]=[N-])[C@@H]1O)Oc1ccc(F)cc1. The number of nitrogens with one attached hydrogen (secondary N) is 2. The van der Waals surface area contributed by atoms with Crippen molar-refractivity contribution in [1.29, 1.82) is 0 Å². The van der Waals surface area contributed by atoms with E-state index in [1.165, 1.54) is 19.1 Å². The van der Waals surface area contributed by atoms with Crippen molar-refractivity contribution in [3.63, 3.8) is 0 Å². The van der Waals surface area contributed by atoms with Crippen molar-refractivity contribution in [3.8, 4) is 5.75 Å². The van der Waals surface area contributed by atoms with Gasteiger partial charge in [0.25, 0.3) is 5.56 Å². The van der Waals surface area contributed by atoms with Gasteiger partial charge < -0.3 is 19.1 Å². The fourth-order valence-corrected chi connectivity index (χ4v) is 4.47. The van der Waals surface area contributed by atoms with Gasteiger partial charge in [0.05, 0.1) is 13.7 Å². The van der Waals surface area contributed by atoms with Crippen LogP contribution in [0.5, 0.6) is 5.75 Å². The molecule has 2 aromatic rings. The van der Waals surface area contributed by atoms with E-state index in [1.807, 2.05) is 4.98 Å². The maximum absolute atomic E-state index is 13.4. The lowest BCUT2D eigenvalue weighted by Crippen LogP contribution is -2.36. The number of methoxy groups -OCH3 is 1. The largest absolute Gasteiger partial charge is 0.469 e. The average molecular weight is 526 g/mol. The Morgan fingerprint density at radius 2 is 2.08 bits per heavy atom. The number of hydrogen-bond donors (Lipinski definition) is 3. The van der Waals surface area contributed by atoms with Crippen molar-refractivity contribution in [2.24, 2.45) is 5.11 Å². The van der Waals surface area contributed by atoms with Crippen LogP contribution in [0.2, 0.25) is 0 Å². The third-order valence-electron chi connectivity index (χ3n) is 4.66. The number of halogens is 1. The highest BCUT2D eigenvalue weighted by atomic mass is 31.2. The number of H-pyrrole nitrogens is 1. The molecule has 0 radical (unpaired) electrons. The molecule has 192 valence electrons. The summed E-state index contributed by atoms with van der Waals surface area (Å²) in [6, 6.07) is 4.22. The Labute approximate surface area is 201 Å². The molecule has 4 atom stereocenters. The molecule has 36 heavy (non-hydrogen) atoms. The summed E-state index contributed by atoms with van der Waals surface area (Å²) in [5.74, 6) is -1.87. The van der Waals surface area contributed by atoms with Gasteiger partial charge in [-0.25, -0.2) is 18.3 Å². The fraction of sp³-hybridized carbons (Fsp3) is 0.316. The van der Waals surface area contributed by atoms with Crippen LogP contribution in [0.25, 0.3) is 16.3 Å². The Kier molecular flexibility index (Phi) is 8.29. The lowest BCUT2D eigenvalue weighted by atomic mass is 10.2. The number of rotatable bonds is 10. The quantitative estimate of drug-likeness (QED) is 0.133. The third kappa shape index (κ3) is 6.19. The molecule has 0 aliphatic carbocycles. The molecule has 1 unspecified atom stereocenters. The van der Waals surface area contributed by atoms with Crippen molar-refractivity contribution < 1.29 is 37.4 Å². The number of aliphatic hydroxyl groups is 1. The highest BCUT2D eigenvalue weighted by Gasteiger charge is 2.40. The molecule has 1 aromatic carbocycles. The summed E-state index contributed by atoms with van der Waals surface area (Å²) in [6.07, 6.45) is -2.01. The van der Waals surface area contributed by atoms with Gasteiger partial charge >= 0.3 is 19.4 Å². The summed E-state index contributed by atoms with van der Waals surface area (Å²) < 4.78 is 48.3. The van der Waals surface area contributed by atoms with E-state index < -0.39 is 67.2 Å². The number of nitrogens with zero attached hydrogens (tertiary/aromatic N) is 4. The van der Waals surface area contributed by atoms with Crippen molar-refractivity contribution in [2.45, 2.75) is 25.2 Å². The molecule has 0 bridgehead atoms. The van der Waals surface area contributed by atoms with E-state index in [1.54, 1.807) is 0 Å². The zero-order valence-corrected chi connectivity index (χ0v) is 19.6. The molecule has 15 nitrogen and oxygen atoms in total. The number of azide groups is 1. The van der Waals surface area contributed by atoms with E-state index >= 15 is 0 Å². The maximum Gasteiger partial charge on any atom is 0.459 e. The van der Waals surface area contributed by atoms with Gasteiger partial charge in [0.1, 0.15) is 29.4 Å². The normalized spacial score (nSPS) is 19.6. The summed E-state index contributed by atoms with van der Waals surface area (Å²) >= 11 is 0. The zero-order chi connectivity index (χ0) is 26.5. The average Bonchev–Trinajstić information content (AvgIpc) is 3.14. The standard InChI is InChI=1S/C19H20FN6O9P/c1-10(18(29)32-2)24-36(31,35-12-5-3-11(20)4-6-12)33-9-13-16(28)15(23-25-21)17(34-13)26-8-7-14(27)22-19(26)30/h3-8,10,13,16,28H,9H2,1-2H3,(H,24,31)(H,22,27,30)/t10-,13+,16+,36?/m0/s1. The van der Waals surface area contributed by atoms with Crippen LogP contribution in [0.3, 0.4) is 0 Å². The number of esters is 1. The van der Waals surface area contributed by atoms with Crippen molar-refractivity contribution in [3.05, 3.63) is 79.3 Å². The van der Waals surface area contributed by atoms with Crippen LogP contribution < -0.4 is 20.9 Å². The van der Waals surface area contributed by atoms with Crippen LogP contribution in [-0.4, -0.2) is 52.6 Å². The van der Waals surface area contributed by atoms with Gasteiger partial charge in [-0.3, -0.25) is 19.1 Å². The Bertz CT molecular complexity index is 1370. The number of carbonyl (C=O) groups excluding carboxylic acids is 1. The number of aromatic amines is 1. The molecule has 3 N–H and O–H groups in total. The highest BCUT2D eigenvalue weighted by molar-refractivity contribution is 7.52. The number of carbonyl (C=O) groups is 1. The van der Waals surface area contributed by atoms with Gasteiger partial charge in [0.2, 0.25) is 5.88 Å². The van der Waals surface area contributed by atoms with Crippen molar-refractivity contribution >= 4 is 19.6 Å². The van der Waals surface area contributed by atoms with Crippen LogP contribution >= 0.6 is 7.75 Å². The van der Waals surface area contributed by atoms with Crippen LogP contribution in [0, 0.1) is 5.82 Å². The summed E-state index contributed by atoms with van der Waals surface area (Å²) in [7, 11) is -3.29. The van der Waals surface area contributed by atoms with Crippen LogP contribution in [0.4, 0.5) is 4.39 Å². The van der Waals surface area contributed by atoms with Gasteiger partial charge in [-0.2, -0.15) is 5.09 Å². The predicted octanol–water partition coefficient (Wildman–Crippen LogP) is 1.23. The Morgan fingerprint density at radius 1 is 1.39 bits per heavy atom. The molecule has 17 heteroatoms. The number of ether oxygens (including phenoxy) is 2. The minimum atomic E-state index is -4.40. The number of aromatic nitrogens is 2. The van der Waals surface area contributed by atoms with Gasteiger partial charge in [-0.1, -0.05) is 5.11 Å². The highest BCUT2D eigenvalue weighted by Crippen LogP contribution is 2.46. The van der Waals surface area contributed by atoms with E-state index in [9.17, 15) is 28.4 Å². The van der Waals surface area contributed by atoms with E-state index in [0.717, 1.165) is 36.1 Å². The Hall–Kier alpha value is -3.94. The first-order valence-corrected chi connectivity index (χ1v) is 11.6. The molecule has 1 aliphatic heterocycles. The first-order chi connectivity index (χ1) is 17.1. The maximum atomic E-state index is 13.4. The van der Waals surface area contributed by atoms with Gasteiger partial charge in [0, 0.05) is 17.2 Å². The molecule has 3 rings (SSSR count). The smallest absolute Gasteiger partial charge is 0.459 e. The van der Waals surface area contributed by atoms with E-state index in [0.29, 0.717) is 0 Å². The second-order valence-corrected chi connectivity index (χ2v) is 8.87. The predicted molar refractivity (Wildman–Crippen MR) is 120 cm³/mol. The number of benzene rings is 1. The van der Waals surface area contributed by atoms with E-state index in [4.69, 9.17) is 19.3 Å². The zero-order valence-electron chi connectivity index (χ0n) is 18.7. The lowest BCUT2D eigenvalue weighted by Gasteiger charge is -2.24. The molecule has 0 spiro atoms.